The van der Waals surface area contributed by atoms with Crippen LogP contribution in [0.4, 0.5) is 0 Å². The molecule has 1 saturated carbocycles. The molecule has 4 atom stereocenters. The summed E-state index contributed by atoms with van der Waals surface area (Å²) >= 11 is 0. The van der Waals surface area contributed by atoms with Crippen LogP contribution < -0.4 is 10.1 Å². The number of Topliss-reactive ketones (excluding diaryl/α,β-unsaturated/α-hetero) is 1. The Morgan fingerprint density at radius 3 is 2.88 bits per heavy atom. The molecule has 0 spiro atoms. The van der Waals surface area contributed by atoms with E-state index >= 15 is 0 Å². The first kappa shape index (κ1) is 21.9. The largest absolute Gasteiger partial charge is 0.496 e. The third-order valence-electron chi connectivity index (χ3n) is 6.77. The van der Waals surface area contributed by atoms with Crippen molar-refractivity contribution in [1.82, 2.24) is 15.2 Å². The van der Waals surface area contributed by atoms with E-state index in [0.29, 0.717) is 30.8 Å². The van der Waals surface area contributed by atoms with Crippen molar-refractivity contribution < 1.29 is 19.1 Å². The van der Waals surface area contributed by atoms with Crippen LogP contribution in [0.5, 0.6) is 5.75 Å². The summed E-state index contributed by atoms with van der Waals surface area (Å²) in [6.07, 6.45) is 3.24. The van der Waals surface area contributed by atoms with Gasteiger partial charge in [0.05, 0.1) is 13.2 Å². The number of carbonyl (C=O) groups is 3. The maximum Gasteiger partial charge on any atom is 0.271 e. The Morgan fingerprint density at radius 2 is 2.22 bits per heavy atom. The Kier molecular flexibility index (Phi) is 6.17. The van der Waals surface area contributed by atoms with Gasteiger partial charge in [-0.1, -0.05) is 13.0 Å². The Hall–Kier alpha value is -3.34. The van der Waals surface area contributed by atoms with Gasteiger partial charge in [0, 0.05) is 35.7 Å². The van der Waals surface area contributed by atoms with Crippen molar-refractivity contribution in [2.75, 3.05) is 13.7 Å². The molecule has 4 unspecified atom stereocenters. The summed E-state index contributed by atoms with van der Waals surface area (Å²) in [5, 5.41) is 13.1. The quantitative estimate of drug-likeness (QED) is 0.692. The molecule has 4 rings (SSSR count). The maximum absolute atomic E-state index is 13.2. The van der Waals surface area contributed by atoms with Gasteiger partial charge in [0.1, 0.15) is 29.3 Å². The molecule has 0 radical (unpaired) electrons. The summed E-state index contributed by atoms with van der Waals surface area (Å²) in [7, 11) is 1.58. The molecular weight excluding hydrogens is 408 g/mol. The van der Waals surface area contributed by atoms with E-state index in [2.05, 4.69) is 16.4 Å². The first-order chi connectivity index (χ1) is 15.5. The molecule has 1 aromatic carbocycles. The number of ether oxygens (including phenoxy) is 1. The van der Waals surface area contributed by atoms with E-state index in [0.717, 1.165) is 30.2 Å². The average molecular weight is 437 g/mol. The molecule has 1 aromatic heterocycles. The van der Waals surface area contributed by atoms with Crippen LogP contribution in [-0.2, 0) is 9.59 Å². The first-order valence-corrected chi connectivity index (χ1v) is 11.2. The molecule has 2 aromatic rings. The predicted molar refractivity (Wildman–Crippen MR) is 118 cm³/mol. The van der Waals surface area contributed by atoms with Crippen molar-refractivity contribution >= 4 is 28.5 Å². The number of likely N-dealkylation sites (tertiary alicyclic amines) is 1. The van der Waals surface area contributed by atoms with Gasteiger partial charge in [-0.15, -0.1) is 0 Å². The number of hydrogen-bond acceptors (Lipinski definition) is 5. The predicted octanol–water partition coefficient (Wildman–Crippen LogP) is 2.79. The minimum absolute atomic E-state index is 0.0327. The standard InChI is InChI=1S/C24H28N4O4/c1-3-14-13-28(24(31)19-11-17-18(27-19)7-5-9-21(17)32-2)22(14)23(30)26-16(12-25)10-15-6-4-8-20(15)29/h5,7,9,11,14-16,22,27H,3-4,6,8,10,13H2,1-2H3,(H,26,30). The number of rotatable bonds is 7. The summed E-state index contributed by atoms with van der Waals surface area (Å²) in [5.74, 6) is 0.114. The molecule has 1 aliphatic heterocycles. The topological polar surface area (TPSA) is 115 Å². The van der Waals surface area contributed by atoms with E-state index in [9.17, 15) is 19.6 Å². The number of nitrogens with zero attached hydrogens (tertiary/aromatic N) is 2. The SMILES string of the molecule is CCC1CN(C(=O)c2cc3c(OC)cccc3[nH]2)C1C(=O)NC(C#N)CC1CCCC1=O. The second-order valence-corrected chi connectivity index (χ2v) is 8.66. The summed E-state index contributed by atoms with van der Waals surface area (Å²) < 4.78 is 5.37. The lowest BCUT2D eigenvalue weighted by molar-refractivity contribution is -0.134. The smallest absolute Gasteiger partial charge is 0.271 e. The third kappa shape index (κ3) is 3.95. The maximum atomic E-state index is 13.2. The van der Waals surface area contributed by atoms with Crippen molar-refractivity contribution in [2.24, 2.45) is 11.8 Å². The number of aromatic amines is 1. The summed E-state index contributed by atoms with van der Waals surface area (Å²) in [5.41, 5.74) is 1.18. The zero-order valence-corrected chi connectivity index (χ0v) is 18.4. The monoisotopic (exact) mass is 436 g/mol. The highest BCUT2D eigenvalue weighted by Gasteiger charge is 2.46. The van der Waals surface area contributed by atoms with Crippen LogP contribution in [-0.4, -0.2) is 53.2 Å². The highest BCUT2D eigenvalue weighted by Crippen LogP contribution is 2.32. The van der Waals surface area contributed by atoms with E-state index in [4.69, 9.17) is 4.74 Å². The lowest BCUT2D eigenvalue weighted by atomic mass is 9.85. The number of hydrogen-bond donors (Lipinski definition) is 2. The zero-order chi connectivity index (χ0) is 22.8. The molecule has 168 valence electrons. The van der Waals surface area contributed by atoms with E-state index in [1.54, 1.807) is 18.1 Å². The Balaban J connectivity index is 1.48. The number of H-pyrrole nitrogens is 1. The first-order valence-electron chi connectivity index (χ1n) is 11.2. The number of ketones is 1. The fourth-order valence-corrected chi connectivity index (χ4v) is 4.90. The number of methoxy groups -OCH3 is 1. The number of fused-ring (bicyclic) bond motifs is 1. The zero-order valence-electron chi connectivity index (χ0n) is 18.4. The molecule has 1 aliphatic carbocycles. The number of carbonyl (C=O) groups excluding carboxylic acids is 3. The van der Waals surface area contributed by atoms with Gasteiger partial charge in [0.2, 0.25) is 5.91 Å². The number of nitriles is 1. The van der Waals surface area contributed by atoms with Crippen LogP contribution in [0.2, 0.25) is 0 Å². The summed E-state index contributed by atoms with van der Waals surface area (Å²) in [6, 6.07) is 8.03. The Morgan fingerprint density at radius 1 is 1.41 bits per heavy atom. The summed E-state index contributed by atoms with van der Waals surface area (Å²) in [4.78, 5) is 42.9. The molecule has 2 amide bonds. The fourth-order valence-electron chi connectivity index (χ4n) is 4.90. The third-order valence-corrected chi connectivity index (χ3v) is 6.77. The molecule has 32 heavy (non-hydrogen) atoms. The molecule has 8 nitrogen and oxygen atoms in total. The van der Waals surface area contributed by atoms with Crippen LogP contribution in [0, 0.1) is 23.2 Å². The van der Waals surface area contributed by atoms with Gasteiger partial charge in [-0.25, -0.2) is 0 Å². The van der Waals surface area contributed by atoms with Gasteiger partial charge in [-0.3, -0.25) is 14.4 Å². The van der Waals surface area contributed by atoms with Gasteiger partial charge >= 0.3 is 0 Å². The van der Waals surface area contributed by atoms with Crippen LogP contribution >= 0.6 is 0 Å². The molecule has 2 aliphatic rings. The molecule has 2 fully saturated rings. The van der Waals surface area contributed by atoms with Crippen LogP contribution in [0.3, 0.4) is 0 Å². The molecular formula is C24H28N4O4. The van der Waals surface area contributed by atoms with Gasteiger partial charge in [-0.05, 0) is 43.9 Å². The minimum atomic E-state index is -0.734. The summed E-state index contributed by atoms with van der Waals surface area (Å²) in [6.45, 7) is 2.47. The second kappa shape index (κ2) is 9.03. The van der Waals surface area contributed by atoms with Crippen LogP contribution in [0.15, 0.2) is 24.3 Å². The normalized spacial score (nSPS) is 23.5. The number of aromatic nitrogens is 1. The lowest BCUT2D eigenvalue weighted by Gasteiger charge is -2.46. The van der Waals surface area contributed by atoms with Crippen molar-refractivity contribution in [3.8, 4) is 11.8 Å². The van der Waals surface area contributed by atoms with Gasteiger partial charge in [0.15, 0.2) is 0 Å². The Bertz CT molecular complexity index is 1090. The molecule has 8 heteroatoms. The van der Waals surface area contributed by atoms with Crippen LogP contribution in [0.1, 0.15) is 49.5 Å². The lowest BCUT2D eigenvalue weighted by Crippen LogP contribution is -2.65. The highest BCUT2D eigenvalue weighted by atomic mass is 16.5. The minimum Gasteiger partial charge on any atom is -0.496 e. The average Bonchev–Trinajstić information content (AvgIpc) is 3.38. The van der Waals surface area contributed by atoms with E-state index in [1.165, 1.54) is 0 Å². The van der Waals surface area contributed by atoms with Crippen molar-refractivity contribution in [2.45, 2.75) is 51.1 Å². The fraction of sp³-hybridized carbons (Fsp3) is 0.500. The highest BCUT2D eigenvalue weighted by molar-refractivity contribution is 6.02. The van der Waals surface area contributed by atoms with Crippen molar-refractivity contribution in [3.05, 3.63) is 30.0 Å². The van der Waals surface area contributed by atoms with E-state index < -0.39 is 12.1 Å². The molecule has 1 saturated heterocycles. The van der Waals surface area contributed by atoms with Crippen LogP contribution in [0.25, 0.3) is 10.9 Å². The molecule has 0 bridgehead atoms. The van der Waals surface area contributed by atoms with Gasteiger partial charge in [0.25, 0.3) is 5.91 Å². The van der Waals surface area contributed by atoms with E-state index in [-0.39, 0.29) is 29.4 Å². The Labute approximate surface area is 186 Å². The molecule has 2 N–H and O–H groups in total. The molecule has 2 heterocycles. The number of nitrogens with one attached hydrogen (secondary N) is 2. The number of amides is 2. The van der Waals surface area contributed by atoms with Crippen molar-refractivity contribution in [3.63, 3.8) is 0 Å². The number of benzene rings is 1. The van der Waals surface area contributed by atoms with Gasteiger partial charge in [-0.2, -0.15) is 5.26 Å². The second-order valence-electron chi connectivity index (χ2n) is 8.66. The van der Waals surface area contributed by atoms with Gasteiger partial charge < -0.3 is 19.9 Å². The van der Waals surface area contributed by atoms with E-state index in [1.807, 2.05) is 25.1 Å². The van der Waals surface area contributed by atoms with Crippen molar-refractivity contribution in [1.29, 1.82) is 5.26 Å².